The molecule has 4 rings (SSSR count). The topological polar surface area (TPSA) is 91.7 Å². The fourth-order valence-electron chi connectivity index (χ4n) is 2.83. The Morgan fingerprint density at radius 3 is 2.83 bits per heavy atom. The summed E-state index contributed by atoms with van der Waals surface area (Å²) in [6, 6.07) is 5.02. The summed E-state index contributed by atoms with van der Waals surface area (Å²) in [6.07, 6.45) is 3.01. The molecule has 1 amide bonds. The number of hydrogen-bond donors (Lipinski definition) is 1. The number of thiophene rings is 1. The van der Waals surface area contributed by atoms with Crippen molar-refractivity contribution in [2.24, 2.45) is 4.99 Å². The molecule has 0 spiro atoms. The molecule has 0 bridgehead atoms. The van der Waals surface area contributed by atoms with E-state index in [1.54, 1.807) is 23.7 Å². The third-order valence-corrected chi connectivity index (χ3v) is 8.30. The first kappa shape index (κ1) is 20.3. The fourth-order valence-corrected chi connectivity index (χ4v) is 6.78. The van der Waals surface area contributed by atoms with Gasteiger partial charge in [0, 0.05) is 22.8 Å². The molecule has 0 aliphatic carbocycles. The van der Waals surface area contributed by atoms with Gasteiger partial charge in [-0.3, -0.25) is 9.10 Å². The van der Waals surface area contributed by atoms with E-state index >= 15 is 0 Å². The van der Waals surface area contributed by atoms with Gasteiger partial charge in [-0.25, -0.2) is 18.4 Å². The van der Waals surface area contributed by atoms with Crippen LogP contribution in [0.3, 0.4) is 0 Å². The number of amides is 1. The van der Waals surface area contributed by atoms with Gasteiger partial charge in [0.25, 0.3) is 10.0 Å². The van der Waals surface area contributed by atoms with E-state index in [4.69, 9.17) is 23.2 Å². The Labute approximate surface area is 184 Å². The first-order chi connectivity index (χ1) is 13.8. The van der Waals surface area contributed by atoms with Crippen LogP contribution in [-0.2, 0) is 14.8 Å². The van der Waals surface area contributed by atoms with E-state index in [1.165, 1.54) is 36.6 Å². The molecule has 1 aliphatic rings. The van der Waals surface area contributed by atoms with Gasteiger partial charge in [-0.2, -0.15) is 0 Å². The summed E-state index contributed by atoms with van der Waals surface area (Å²) in [5.74, 6) is -0.442. The average Bonchev–Trinajstić information content (AvgIpc) is 3.30. The third kappa shape index (κ3) is 3.78. The first-order valence-electron chi connectivity index (χ1n) is 8.15. The summed E-state index contributed by atoms with van der Waals surface area (Å²) >= 11 is 14.6. The van der Waals surface area contributed by atoms with Crippen LogP contribution in [-0.4, -0.2) is 31.6 Å². The lowest BCUT2D eigenvalue weighted by atomic mass is 10.1. The van der Waals surface area contributed by atoms with Crippen molar-refractivity contribution in [1.82, 2.24) is 4.98 Å². The maximum atomic E-state index is 13.6. The molecule has 2 aromatic heterocycles. The summed E-state index contributed by atoms with van der Waals surface area (Å²) in [5.41, 5.74) is 0.648. The number of halogens is 2. The number of aliphatic imine (C=N–C) groups is 1. The van der Waals surface area contributed by atoms with Crippen molar-refractivity contribution in [3.8, 4) is 0 Å². The summed E-state index contributed by atoms with van der Waals surface area (Å²) in [5, 5.41) is 5.29. The molecule has 1 aromatic carbocycles. The average molecular weight is 487 g/mol. The zero-order valence-corrected chi connectivity index (χ0v) is 18.6. The Morgan fingerprint density at radius 1 is 1.31 bits per heavy atom. The van der Waals surface area contributed by atoms with E-state index in [1.807, 2.05) is 0 Å². The Bertz CT molecular complexity index is 1220. The van der Waals surface area contributed by atoms with Gasteiger partial charge in [0.1, 0.15) is 10.9 Å². The third-order valence-electron chi connectivity index (χ3n) is 4.13. The van der Waals surface area contributed by atoms with E-state index in [9.17, 15) is 13.2 Å². The van der Waals surface area contributed by atoms with Gasteiger partial charge in [-0.05, 0) is 31.2 Å². The zero-order chi connectivity index (χ0) is 20.8. The quantitative estimate of drug-likeness (QED) is 0.536. The maximum absolute atomic E-state index is 13.6. The van der Waals surface area contributed by atoms with Crippen LogP contribution >= 0.6 is 45.9 Å². The SMILES string of the molecule is CC1C(=O)Nc2ccc(Cl)cc2N1S(=O)(=O)c1cc(Cl)sc1C=Nc1nccs1. The second kappa shape index (κ2) is 7.69. The molecule has 0 saturated carbocycles. The maximum Gasteiger partial charge on any atom is 0.266 e. The summed E-state index contributed by atoms with van der Waals surface area (Å²) in [6.45, 7) is 1.51. The molecule has 1 N–H and O–H groups in total. The molecule has 1 atom stereocenters. The molecule has 29 heavy (non-hydrogen) atoms. The van der Waals surface area contributed by atoms with E-state index < -0.39 is 22.0 Å². The van der Waals surface area contributed by atoms with Crippen LogP contribution in [0.4, 0.5) is 16.5 Å². The molecule has 1 aliphatic heterocycles. The van der Waals surface area contributed by atoms with Gasteiger partial charge >= 0.3 is 0 Å². The molecule has 0 fully saturated rings. The molecule has 7 nitrogen and oxygen atoms in total. The predicted octanol–water partition coefficient (Wildman–Crippen LogP) is 4.80. The molecule has 0 saturated heterocycles. The van der Waals surface area contributed by atoms with Crippen molar-refractivity contribution >= 4 is 84.5 Å². The van der Waals surface area contributed by atoms with E-state index in [2.05, 4.69) is 15.3 Å². The summed E-state index contributed by atoms with van der Waals surface area (Å²) < 4.78 is 28.5. The number of sulfonamides is 1. The number of carbonyl (C=O) groups excluding carboxylic acids is 1. The minimum atomic E-state index is -4.14. The summed E-state index contributed by atoms with van der Waals surface area (Å²) in [4.78, 5) is 21.0. The van der Waals surface area contributed by atoms with Gasteiger partial charge in [-0.1, -0.05) is 23.2 Å². The molecule has 1 unspecified atom stereocenters. The van der Waals surface area contributed by atoms with Crippen LogP contribution in [0.25, 0.3) is 0 Å². The van der Waals surface area contributed by atoms with Crippen molar-refractivity contribution in [3.63, 3.8) is 0 Å². The van der Waals surface area contributed by atoms with Crippen molar-refractivity contribution in [2.75, 3.05) is 9.62 Å². The van der Waals surface area contributed by atoms with E-state index in [0.717, 1.165) is 15.6 Å². The molecule has 3 aromatic rings. The summed E-state index contributed by atoms with van der Waals surface area (Å²) in [7, 11) is -4.14. The van der Waals surface area contributed by atoms with Gasteiger partial charge in [0.05, 0.1) is 20.6 Å². The van der Waals surface area contributed by atoms with E-state index in [-0.39, 0.29) is 14.9 Å². The van der Waals surface area contributed by atoms with Crippen LogP contribution in [0, 0.1) is 0 Å². The Balaban J connectivity index is 1.84. The normalized spacial score (nSPS) is 16.9. The van der Waals surface area contributed by atoms with Gasteiger partial charge in [-0.15, -0.1) is 22.7 Å². The lowest BCUT2D eigenvalue weighted by Gasteiger charge is -2.35. The number of thiazole rings is 1. The number of hydrogen-bond acceptors (Lipinski definition) is 7. The predicted molar refractivity (Wildman–Crippen MR) is 118 cm³/mol. The van der Waals surface area contributed by atoms with Crippen LogP contribution in [0.1, 0.15) is 11.8 Å². The standard InChI is InChI=1S/C17H12Cl2N4O3S3/c1-9-16(24)22-11-3-2-10(18)6-12(11)23(9)29(25,26)14-7-15(19)28-13(14)8-21-17-20-4-5-27-17/h2-9H,1H3,(H,22,24). The Kier molecular flexibility index (Phi) is 5.38. The molecule has 0 radical (unpaired) electrons. The van der Waals surface area contributed by atoms with Crippen LogP contribution in [0.15, 0.2) is 45.7 Å². The number of carbonyl (C=O) groups is 1. The number of benzene rings is 1. The Hall–Kier alpha value is -1.98. The van der Waals surface area contributed by atoms with Gasteiger partial charge in [0.15, 0.2) is 0 Å². The molecule has 150 valence electrons. The van der Waals surface area contributed by atoms with Crippen molar-refractivity contribution in [3.05, 3.63) is 50.1 Å². The monoisotopic (exact) mass is 486 g/mol. The lowest BCUT2D eigenvalue weighted by Crippen LogP contribution is -2.49. The zero-order valence-electron chi connectivity index (χ0n) is 14.7. The first-order valence-corrected chi connectivity index (χ1v) is 12.0. The van der Waals surface area contributed by atoms with Crippen LogP contribution in [0.2, 0.25) is 9.36 Å². The highest BCUT2D eigenvalue weighted by Crippen LogP contribution is 2.40. The van der Waals surface area contributed by atoms with Crippen molar-refractivity contribution < 1.29 is 13.2 Å². The number of fused-ring (bicyclic) bond motifs is 1. The van der Waals surface area contributed by atoms with Gasteiger partial charge in [0.2, 0.25) is 11.0 Å². The minimum absolute atomic E-state index is 0.0414. The van der Waals surface area contributed by atoms with E-state index in [0.29, 0.717) is 20.7 Å². The number of nitrogens with zero attached hydrogens (tertiary/aromatic N) is 3. The van der Waals surface area contributed by atoms with Crippen LogP contribution in [0.5, 0.6) is 0 Å². The Morgan fingerprint density at radius 2 is 2.10 bits per heavy atom. The number of rotatable bonds is 4. The fraction of sp³-hybridized carbons (Fsp3) is 0.118. The van der Waals surface area contributed by atoms with Gasteiger partial charge < -0.3 is 5.32 Å². The number of anilines is 2. The molecular formula is C17H12Cl2N4O3S3. The van der Waals surface area contributed by atoms with Crippen LogP contribution < -0.4 is 9.62 Å². The smallest absolute Gasteiger partial charge is 0.266 e. The number of nitrogens with one attached hydrogen (secondary N) is 1. The second-order valence-electron chi connectivity index (χ2n) is 5.98. The minimum Gasteiger partial charge on any atom is -0.322 e. The molecule has 3 heterocycles. The molecule has 12 heteroatoms. The second-order valence-corrected chi connectivity index (χ2v) is 10.8. The van der Waals surface area contributed by atoms with Crippen molar-refractivity contribution in [2.45, 2.75) is 17.9 Å². The lowest BCUT2D eigenvalue weighted by molar-refractivity contribution is -0.117. The van der Waals surface area contributed by atoms with Crippen molar-refractivity contribution in [1.29, 1.82) is 0 Å². The highest BCUT2D eigenvalue weighted by Gasteiger charge is 2.40. The highest BCUT2D eigenvalue weighted by atomic mass is 35.5. The highest BCUT2D eigenvalue weighted by molar-refractivity contribution is 7.93. The largest absolute Gasteiger partial charge is 0.322 e. The number of aromatic nitrogens is 1. The molecular weight excluding hydrogens is 475 g/mol.